The predicted molar refractivity (Wildman–Crippen MR) is 120 cm³/mol. The van der Waals surface area contributed by atoms with Gasteiger partial charge >= 0.3 is 0 Å². The smallest absolute Gasteiger partial charge is 0.251 e. The molecule has 0 aliphatic rings. The van der Waals surface area contributed by atoms with Crippen LogP contribution in [0.2, 0.25) is 0 Å². The van der Waals surface area contributed by atoms with Gasteiger partial charge in [-0.15, -0.1) is 10.2 Å². The van der Waals surface area contributed by atoms with E-state index in [1.165, 1.54) is 11.8 Å². The van der Waals surface area contributed by atoms with Crippen LogP contribution in [0.4, 0.5) is 5.69 Å². The fraction of sp³-hybridized carbons (Fsp3) is 0.273. The lowest BCUT2D eigenvalue weighted by Crippen LogP contribution is -2.24. The van der Waals surface area contributed by atoms with E-state index in [9.17, 15) is 9.59 Å². The van der Waals surface area contributed by atoms with Crippen LogP contribution in [0.25, 0.3) is 0 Å². The zero-order chi connectivity index (χ0) is 22.2. The average Bonchev–Trinajstić information content (AvgIpc) is 3.18. The van der Waals surface area contributed by atoms with E-state index in [1.807, 2.05) is 42.7 Å². The van der Waals surface area contributed by atoms with E-state index in [0.29, 0.717) is 28.8 Å². The maximum Gasteiger partial charge on any atom is 0.251 e. The van der Waals surface area contributed by atoms with E-state index >= 15 is 0 Å². The minimum Gasteiger partial charge on any atom is -0.497 e. The summed E-state index contributed by atoms with van der Waals surface area (Å²) >= 11 is 1.31. The van der Waals surface area contributed by atoms with Gasteiger partial charge in [-0.3, -0.25) is 9.59 Å². The Morgan fingerprint density at radius 2 is 1.90 bits per heavy atom. The van der Waals surface area contributed by atoms with Gasteiger partial charge in [0.2, 0.25) is 5.91 Å². The first-order chi connectivity index (χ1) is 15.0. The van der Waals surface area contributed by atoms with Crippen molar-refractivity contribution in [3.05, 3.63) is 65.5 Å². The second-order valence-electron chi connectivity index (χ2n) is 6.76. The number of hydrogen-bond acceptors (Lipinski definition) is 6. The third kappa shape index (κ3) is 6.08. The molecule has 0 bridgehead atoms. The van der Waals surface area contributed by atoms with Crippen LogP contribution in [0.5, 0.6) is 5.75 Å². The molecule has 3 rings (SSSR count). The fourth-order valence-corrected chi connectivity index (χ4v) is 3.75. The van der Waals surface area contributed by atoms with Gasteiger partial charge < -0.3 is 19.9 Å². The van der Waals surface area contributed by atoms with Gasteiger partial charge in [0.25, 0.3) is 5.91 Å². The summed E-state index contributed by atoms with van der Waals surface area (Å²) in [6.45, 7) is 4.81. The second-order valence-corrected chi connectivity index (χ2v) is 7.70. The van der Waals surface area contributed by atoms with Gasteiger partial charge in [0.1, 0.15) is 5.75 Å². The summed E-state index contributed by atoms with van der Waals surface area (Å²) in [5, 5.41) is 14.7. The molecule has 9 heteroatoms. The molecule has 0 aliphatic heterocycles. The van der Waals surface area contributed by atoms with E-state index in [0.717, 1.165) is 11.3 Å². The molecule has 3 aromatic rings. The van der Waals surface area contributed by atoms with Crippen LogP contribution >= 0.6 is 11.8 Å². The number of aryl methyl sites for hydroxylation is 1. The van der Waals surface area contributed by atoms with Crippen molar-refractivity contribution in [2.75, 3.05) is 18.2 Å². The zero-order valence-corrected chi connectivity index (χ0v) is 18.5. The van der Waals surface area contributed by atoms with Gasteiger partial charge in [-0.25, -0.2) is 0 Å². The summed E-state index contributed by atoms with van der Waals surface area (Å²) < 4.78 is 6.99. The number of nitrogens with zero attached hydrogens (tertiary/aromatic N) is 3. The highest BCUT2D eigenvalue weighted by Gasteiger charge is 2.15. The number of rotatable bonds is 9. The quantitative estimate of drug-likeness (QED) is 0.497. The molecule has 0 atom stereocenters. The Hall–Kier alpha value is -3.33. The van der Waals surface area contributed by atoms with Crippen LogP contribution in [0.15, 0.2) is 53.7 Å². The third-order valence-electron chi connectivity index (χ3n) is 4.50. The Kier molecular flexibility index (Phi) is 7.66. The van der Waals surface area contributed by atoms with Gasteiger partial charge in [-0.1, -0.05) is 23.9 Å². The maximum atomic E-state index is 12.4. The molecule has 0 spiro atoms. The average molecular weight is 440 g/mol. The van der Waals surface area contributed by atoms with Crippen molar-refractivity contribution >= 4 is 29.3 Å². The lowest BCUT2D eigenvalue weighted by atomic mass is 10.2. The molecule has 1 heterocycles. The zero-order valence-electron chi connectivity index (χ0n) is 17.7. The molecule has 8 nitrogen and oxygen atoms in total. The number of thioether (sulfide) groups is 1. The number of hydrogen-bond donors (Lipinski definition) is 2. The Morgan fingerprint density at radius 3 is 2.58 bits per heavy atom. The summed E-state index contributed by atoms with van der Waals surface area (Å²) in [6, 6.07) is 14.5. The summed E-state index contributed by atoms with van der Waals surface area (Å²) in [7, 11) is 1.58. The van der Waals surface area contributed by atoms with Crippen molar-refractivity contribution < 1.29 is 14.3 Å². The maximum absolute atomic E-state index is 12.4. The number of benzene rings is 2. The number of ether oxygens (including phenoxy) is 1. The first-order valence-corrected chi connectivity index (χ1v) is 10.8. The van der Waals surface area contributed by atoms with E-state index in [4.69, 9.17) is 4.74 Å². The highest BCUT2D eigenvalue weighted by Crippen LogP contribution is 2.18. The van der Waals surface area contributed by atoms with Crippen LogP contribution in [0, 0.1) is 6.92 Å². The Bertz CT molecular complexity index is 1050. The van der Waals surface area contributed by atoms with Crippen LogP contribution in [-0.2, 0) is 17.9 Å². The largest absolute Gasteiger partial charge is 0.497 e. The minimum atomic E-state index is -0.208. The van der Waals surface area contributed by atoms with E-state index in [1.54, 1.807) is 31.4 Å². The van der Waals surface area contributed by atoms with Crippen molar-refractivity contribution in [1.29, 1.82) is 0 Å². The lowest BCUT2D eigenvalue weighted by Gasteiger charge is -2.09. The molecular weight excluding hydrogens is 414 g/mol. The van der Waals surface area contributed by atoms with E-state index in [2.05, 4.69) is 20.8 Å². The number of anilines is 1. The lowest BCUT2D eigenvalue weighted by molar-refractivity contribution is -0.113. The number of carbonyl (C=O) groups excluding carboxylic acids is 2. The van der Waals surface area contributed by atoms with Crippen LogP contribution < -0.4 is 15.4 Å². The van der Waals surface area contributed by atoms with Gasteiger partial charge in [-0.05, 0) is 55.8 Å². The van der Waals surface area contributed by atoms with E-state index < -0.39 is 0 Å². The summed E-state index contributed by atoms with van der Waals surface area (Å²) in [4.78, 5) is 24.6. The molecule has 0 saturated carbocycles. The standard InChI is InChI=1S/C22H25N5O3S/c1-4-27-19(13-23-21(29)16-8-10-18(30-3)11-9-16)25-26-22(27)31-14-20(28)24-17-7-5-6-15(2)12-17/h5-12H,4,13-14H2,1-3H3,(H,23,29)(H,24,28). The van der Waals surface area contributed by atoms with Crippen molar-refractivity contribution in [2.45, 2.75) is 32.1 Å². The van der Waals surface area contributed by atoms with E-state index in [-0.39, 0.29) is 24.1 Å². The van der Waals surface area contributed by atoms with Crippen molar-refractivity contribution in [1.82, 2.24) is 20.1 Å². The van der Waals surface area contributed by atoms with Gasteiger partial charge in [0.15, 0.2) is 11.0 Å². The normalized spacial score (nSPS) is 10.5. The van der Waals surface area contributed by atoms with Crippen molar-refractivity contribution in [3.8, 4) is 5.75 Å². The molecule has 162 valence electrons. The number of carbonyl (C=O) groups is 2. The second kappa shape index (κ2) is 10.6. The molecule has 31 heavy (non-hydrogen) atoms. The van der Waals surface area contributed by atoms with Crippen LogP contribution in [0.1, 0.15) is 28.7 Å². The van der Waals surface area contributed by atoms with Gasteiger partial charge in [-0.2, -0.15) is 0 Å². The number of aromatic nitrogens is 3. The van der Waals surface area contributed by atoms with Gasteiger partial charge in [0.05, 0.1) is 19.4 Å². The fourth-order valence-electron chi connectivity index (χ4n) is 2.93. The molecular formula is C22H25N5O3S. The molecule has 0 saturated heterocycles. The Labute approximate surface area is 185 Å². The molecule has 2 N–H and O–H groups in total. The SMILES string of the molecule is CCn1c(CNC(=O)c2ccc(OC)cc2)nnc1SCC(=O)Nc1cccc(C)c1. The van der Waals surface area contributed by atoms with Gasteiger partial charge in [0, 0.05) is 17.8 Å². The van der Waals surface area contributed by atoms with Crippen molar-refractivity contribution in [2.24, 2.45) is 0 Å². The highest BCUT2D eigenvalue weighted by molar-refractivity contribution is 7.99. The topological polar surface area (TPSA) is 98.1 Å². The summed E-state index contributed by atoms with van der Waals surface area (Å²) in [5.74, 6) is 1.21. The molecule has 0 unspecified atom stereocenters. The Balaban J connectivity index is 1.55. The summed E-state index contributed by atoms with van der Waals surface area (Å²) in [5.41, 5.74) is 2.38. The molecule has 1 aromatic heterocycles. The molecule has 0 fully saturated rings. The molecule has 2 aromatic carbocycles. The molecule has 0 radical (unpaired) electrons. The number of amides is 2. The third-order valence-corrected chi connectivity index (χ3v) is 5.47. The van der Waals surface area contributed by atoms with Crippen LogP contribution in [0.3, 0.4) is 0 Å². The Morgan fingerprint density at radius 1 is 1.13 bits per heavy atom. The van der Waals surface area contributed by atoms with Crippen LogP contribution in [-0.4, -0.2) is 39.4 Å². The molecule has 0 aliphatic carbocycles. The first-order valence-electron chi connectivity index (χ1n) is 9.83. The predicted octanol–water partition coefficient (Wildman–Crippen LogP) is 3.28. The highest BCUT2D eigenvalue weighted by atomic mass is 32.2. The molecule has 2 amide bonds. The van der Waals surface area contributed by atoms with Crippen molar-refractivity contribution in [3.63, 3.8) is 0 Å². The first kappa shape index (κ1) is 22.4. The summed E-state index contributed by atoms with van der Waals surface area (Å²) in [6.07, 6.45) is 0. The number of methoxy groups -OCH3 is 1. The monoisotopic (exact) mass is 439 g/mol. The minimum absolute atomic E-state index is 0.115. The number of nitrogens with one attached hydrogen (secondary N) is 2.